The lowest BCUT2D eigenvalue weighted by molar-refractivity contribution is -0.133. The topological polar surface area (TPSA) is 32.3 Å². The van der Waals surface area contributed by atoms with Crippen molar-refractivity contribution in [3.63, 3.8) is 0 Å². The minimum absolute atomic E-state index is 0. The molecule has 0 radical (unpaired) electrons. The van der Waals surface area contributed by atoms with E-state index in [-0.39, 0.29) is 30.0 Å². The number of carbonyl (C=O) groups is 1. The van der Waals surface area contributed by atoms with Crippen LogP contribution in [0.25, 0.3) is 0 Å². The molecule has 22 heavy (non-hydrogen) atoms. The van der Waals surface area contributed by atoms with E-state index in [1.807, 2.05) is 24.9 Å². The second kappa shape index (κ2) is 6.97. The predicted molar refractivity (Wildman–Crippen MR) is 87.8 cm³/mol. The van der Waals surface area contributed by atoms with Crippen LogP contribution >= 0.6 is 12.4 Å². The summed E-state index contributed by atoms with van der Waals surface area (Å²) in [4.78, 5) is 14.6. The van der Waals surface area contributed by atoms with Crippen molar-refractivity contribution in [3.8, 4) is 0 Å². The van der Waals surface area contributed by atoms with Crippen LogP contribution in [-0.2, 0) is 4.79 Å². The Labute approximate surface area is 137 Å². The number of carbonyl (C=O) groups excluding carboxylic acids is 1. The van der Waals surface area contributed by atoms with E-state index in [0.29, 0.717) is 18.1 Å². The standard InChI is InChI=1S/C17H23FN2O.ClH/c1-11(12-4-3-5-13(18)8-12)17(21)20(2)16-9-14-6-7-15(10-16)19-14;/h3-5,8,11,14-16,19H,6-7,9-10H2,1-2H3;1H. The van der Waals surface area contributed by atoms with Crippen LogP contribution in [0.2, 0.25) is 0 Å². The van der Waals surface area contributed by atoms with Gasteiger partial charge in [-0.2, -0.15) is 0 Å². The van der Waals surface area contributed by atoms with Crippen LogP contribution in [0.15, 0.2) is 24.3 Å². The molecule has 1 aromatic carbocycles. The predicted octanol–water partition coefficient (Wildman–Crippen LogP) is 3.09. The maximum absolute atomic E-state index is 13.3. The van der Waals surface area contributed by atoms with Gasteiger partial charge in [0.05, 0.1) is 5.92 Å². The summed E-state index contributed by atoms with van der Waals surface area (Å²) < 4.78 is 13.3. The Morgan fingerprint density at radius 2 is 1.95 bits per heavy atom. The van der Waals surface area contributed by atoms with Gasteiger partial charge in [0.25, 0.3) is 0 Å². The molecule has 5 heteroatoms. The molecule has 0 aliphatic carbocycles. The number of nitrogens with one attached hydrogen (secondary N) is 1. The zero-order chi connectivity index (χ0) is 15.0. The summed E-state index contributed by atoms with van der Waals surface area (Å²) in [6.45, 7) is 1.86. The lowest BCUT2D eigenvalue weighted by Crippen LogP contribution is -2.49. The van der Waals surface area contributed by atoms with Gasteiger partial charge in [-0.15, -0.1) is 12.4 Å². The molecule has 0 spiro atoms. The zero-order valence-corrected chi connectivity index (χ0v) is 13.9. The monoisotopic (exact) mass is 326 g/mol. The number of nitrogens with zero attached hydrogens (tertiary/aromatic N) is 1. The van der Waals surface area contributed by atoms with Gasteiger partial charge in [-0.3, -0.25) is 4.79 Å². The second-order valence-electron chi connectivity index (χ2n) is 6.49. The first-order valence-electron chi connectivity index (χ1n) is 7.83. The molecule has 2 aliphatic rings. The van der Waals surface area contributed by atoms with Gasteiger partial charge < -0.3 is 10.2 Å². The summed E-state index contributed by atoms with van der Waals surface area (Å²) in [5.41, 5.74) is 0.753. The molecular formula is C17H24ClFN2O. The molecule has 1 N–H and O–H groups in total. The molecule has 2 fully saturated rings. The van der Waals surface area contributed by atoms with Crippen LogP contribution in [0.5, 0.6) is 0 Å². The molecule has 2 aliphatic heterocycles. The maximum atomic E-state index is 13.3. The van der Waals surface area contributed by atoms with Gasteiger partial charge >= 0.3 is 0 Å². The molecule has 122 valence electrons. The first kappa shape index (κ1) is 17.2. The molecular weight excluding hydrogens is 303 g/mol. The summed E-state index contributed by atoms with van der Waals surface area (Å²) >= 11 is 0. The zero-order valence-electron chi connectivity index (χ0n) is 13.1. The summed E-state index contributed by atoms with van der Waals surface area (Å²) in [6.07, 6.45) is 4.52. The lowest BCUT2D eigenvalue weighted by Gasteiger charge is -2.36. The highest BCUT2D eigenvalue weighted by atomic mass is 35.5. The molecule has 0 saturated carbocycles. The molecule has 2 heterocycles. The van der Waals surface area contributed by atoms with Crippen molar-refractivity contribution in [2.24, 2.45) is 0 Å². The van der Waals surface area contributed by atoms with Gasteiger partial charge in [-0.05, 0) is 50.3 Å². The summed E-state index contributed by atoms with van der Waals surface area (Å²) in [5, 5.41) is 3.59. The fourth-order valence-electron chi connectivity index (χ4n) is 3.75. The van der Waals surface area contributed by atoms with Gasteiger partial charge in [0, 0.05) is 25.2 Å². The van der Waals surface area contributed by atoms with Crippen molar-refractivity contribution in [3.05, 3.63) is 35.6 Å². The number of halogens is 2. The quantitative estimate of drug-likeness (QED) is 0.925. The highest BCUT2D eigenvalue weighted by molar-refractivity contribution is 5.85. The number of benzene rings is 1. The normalized spacial score (nSPS) is 27.9. The Kier molecular flexibility index (Phi) is 5.45. The molecule has 3 unspecified atom stereocenters. The Hall–Kier alpha value is -1.13. The van der Waals surface area contributed by atoms with Crippen LogP contribution in [0.3, 0.4) is 0 Å². The molecule has 3 atom stereocenters. The lowest BCUT2D eigenvalue weighted by atomic mass is 9.95. The Morgan fingerprint density at radius 3 is 2.55 bits per heavy atom. The van der Waals surface area contributed by atoms with E-state index in [4.69, 9.17) is 0 Å². The van der Waals surface area contributed by atoms with E-state index >= 15 is 0 Å². The van der Waals surface area contributed by atoms with E-state index in [0.717, 1.165) is 18.4 Å². The average molecular weight is 327 g/mol. The fourth-order valence-corrected chi connectivity index (χ4v) is 3.75. The number of likely N-dealkylation sites (N-methyl/N-ethyl adjacent to an activating group) is 1. The third-order valence-corrected chi connectivity index (χ3v) is 5.06. The third-order valence-electron chi connectivity index (χ3n) is 5.06. The third kappa shape index (κ3) is 3.44. The van der Waals surface area contributed by atoms with Crippen LogP contribution in [-0.4, -0.2) is 36.0 Å². The van der Waals surface area contributed by atoms with E-state index in [9.17, 15) is 9.18 Å². The molecule has 1 amide bonds. The molecule has 0 aromatic heterocycles. The van der Waals surface area contributed by atoms with Gasteiger partial charge in [0.15, 0.2) is 0 Å². The maximum Gasteiger partial charge on any atom is 0.229 e. The van der Waals surface area contributed by atoms with Crippen molar-refractivity contribution in [1.82, 2.24) is 10.2 Å². The van der Waals surface area contributed by atoms with Crippen molar-refractivity contribution in [1.29, 1.82) is 0 Å². The Morgan fingerprint density at radius 1 is 1.32 bits per heavy atom. The SMILES string of the molecule is CC(C(=O)N(C)C1CC2CCC(C1)N2)c1cccc(F)c1.Cl. The molecule has 2 bridgehead atoms. The number of amides is 1. The van der Waals surface area contributed by atoms with Gasteiger partial charge in [-0.1, -0.05) is 12.1 Å². The minimum atomic E-state index is -0.293. The smallest absolute Gasteiger partial charge is 0.229 e. The van der Waals surface area contributed by atoms with Crippen LogP contribution in [0, 0.1) is 5.82 Å². The molecule has 2 saturated heterocycles. The molecule has 1 aromatic rings. The Bertz CT molecular complexity index is 527. The molecule has 3 rings (SSSR count). The van der Waals surface area contributed by atoms with Crippen LogP contribution < -0.4 is 5.32 Å². The van der Waals surface area contributed by atoms with Gasteiger partial charge in [0.2, 0.25) is 5.91 Å². The van der Waals surface area contributed by atoms with E-state index in [1.54, 1.807) is 6.07 Å². The minimum Gasteiger partial charge on any atom is -0.342 e. The van der Waals surface area contributed by atoms with Crippen LogP contribution in [0.1, 0.15) is 44.1 Å². The first-order valence-corrected chi connectivity index (χ1v) is 7.83. The number of rotatable bonds is 3. The van der Waals surface area contributed by atoms with Crippen LogP contribution in [0.4, 0.5) is 4.39 Å². The van der Waals surface area contributed by atoms with Gasteiger partial charge in [-0.25, -0.2) is 4.39 Å². The molecule has 3 nitrogen and oxygen atoms in total. The number of hydrogen-bond acceptors (Lipinski definition) is 2. The van der Waals surface area contributed by atoms with E-state index in [1.165, 1.54) is 25.0 Å². The number of fused-ring (bicyclic) bond motifs is 2. The largest absolute Gasteiger partial charge is 0.342 e. The second-order valence-corrected chi connectivity index (χ2v) is 6.49. The highest BCUT2D eigenvalue weighted by Gasteiger charge is 2.37. The van der Waals surface area contributed by atoms with Crippen molar-refractivity contribution in [2.75, 3.05) is 7.05 Å². The highest BCUT2D eigenvalue weighted by Crippen LogP contribution is 2.30. The summed E-state index contributed by atoms with van der Waals surface area (Å²) in [6, 6.07) is 7.80. The van der Waals surface area contributed by atoms with Crippen molar-refractivity contribution >= 4 is 18.3 Å². The van der Waals surface area contributed by atoms with Crippen molar-refractivity contribution < 1.29 is 9.18 Å². The number of hydrogen-bond donors (Lipinski definition) is 1. The summed E-state index contributed by atoms with van der Waals surface area (Å²) in [7, 11) is 1.90. The van der Waals surface area contributed by atoms with Gasteiger partial charge in [0.1, 0.15) is 5.82 Å². The first-order chi connectivity index (χ1) is 10.0. The summed E-state index contributed by atoms with van der Waals surface area (Å²) in [5.74, 6) is -0.486. The Balaban J connectivity index is 0.00000176. The average Bonchev–Trinajstić information content (AvgIpc) is 2.83. The number of piperidine rings is 1. The van der Waals surface area contributed by atoms with Crippen molar-refractivity contribution in [2.45, 2.75) is 56.7 Å². The van der Waals surface area contributed by atoms with E-state index < -0.39 is 0 Å². The van der Waals surface area contributed by atoms with E-state index in [2.05, 4.69) is 5.32 Å². The fraction of sp³-hybridized carbons (Fsp3) is 0.588.